The Labute approximate surface area is 80.8 Å². The van der Waals surface area contributed by atoms with Crippen molar-refractivity contribution in [2.75, 3.05) is 0 Å². The van der Waals surface area contributed by atoms with Gasteiger partial charge in [0.15, 0.2) is 0 Å². The Balaban J connectivity index is 0.000000845. The van der Waals surface area contributed by atoms with Crippen LogP contribution in [0.2, 0.25) is 0 Å². The molecule has 0 unspecified atom stereocenters. The average Bonchev–Trinajstić information content (AvgIpc) is 2.49. The summed E-state index contributed by atoms with van der Waals surface area (Å²) in [5.41, 5.74) is 3.13. The van der Waals surface area contributed by atoms with E-state index in [1.807, 2.05) is 0 Å². The van der Waals surface area contributed by atoms with E-state index in [2.05, 4.69) is 4.98 Å². The zero-order valence-electron chi connectivity index (χ0n) is 6.14. The highest BCUT2D eigenvalue weighted by Gasteiger charge is 2.11. The van der Waals surface area contributed by atoms with Crippen molar-refractivity contribution >= 4 is 34.1 Å². The van der Waals surface area contributed by atoms with Crippen molar-refractivity contribution in [2.45, 2.75) is 7.43 Å². The molecule has 1 heterocycles. The SMILES string of the molecule is C.OB(O)c1ccc2ncsc2c1. The van der Waals surface area contributed by atoms with E-state index in [1.165, 1.54) is 11.3 Å². The van der Waals surface area contributed by atoms with E-state index in [1.54, 1.807) is 23.7 Å². The summed E-state index contributed by atoms with van der Waals surface area (Å²) >= 11 is 1.49. The molecule has 1 aromatic heterocycles. The molecule has 68 valence electrons. The van der Waals surface area contributed by atoms with Crippen molar-refractivity contribution in [3.8, 4) is 0 Å². The normalized spacial score (nSPS) is 9.69. The van der Waals surface area contributed by atoms with Crippen molar-refractivity contribution in [1.82, 2.24) is 4.98 Å². The molecule has 0 radical (unpaired) electrons. The van der Waals surface area contributed by atoms with Gasteiger partial charge in [0.05, 0.1) is 15.7 Å². The molecule has 0 aliphatic heterocycles. The van der Waals surface area contributed by atoms with Crippen LogP contribution in [0.25, 0.3) is 10.2 Å². The van der Waals surface area contributed by atoms with Gasteiger partial charge in [-0.25, -0.2) is 4.98 Å². The van der Waals surface area contributed by atoms with Crippen LogP contribution in [0.5, 0.6) is 0 Å². The number of hydrogen-bond acceptors (Lipinski definition) is 4. The first-order valence-corrected chi connectivity index (χ1v) is 4.34. The van der Waals surface area contributed by atoms with Gasteiger partial charge < -0.3 is 10.0 Å². The molecule has 0 saturated heterocycles. The first-order valence-electron chi connectivity index (χ1n) is 3.46. The lowest BCUT2D eigenvalue weighted by atomic mass is 9.80. The fraction of sp³-hybridized carbons (Fsp3) is 0.125. The predicted octanol–water partition coefficient (Wildman–Crippen LogP) is 0.612. The van der Waals surface area contributed by atoms with E-state index in [9.17, 15) is 0 Å². The summed E-state index contributed by atoms with van der Waals surface area (Å²) in [7, 11) is -1.39. The molecule has 13 heavy (non-hydrogen) atoms. The third-order valence-corrected chi connectivity index (χ3v) is 2.45. The number of rotatable bonds is 1. The molecule has 0 fully saturated rings. The molecule has 3 nitrogen and oxygen atoms in total. The maximum atomic E-state index is 8.86. The van der Waals surface area contributed by atoms with Crippen LogP contribution >= 0.6 is 11.3 Å². The Morgan fingerprint density at radius 3 is 2.77 bits per heavy atom. The number of nitrogens with zero attached hydrogens (tertiary/aromatic N) is 1. The van der Waals surface area contributed by atoms with Gasteiger partial charge in [0, 0.05) is 0 Å². The third-order valence-electron chi connectivity index (χ3n) is 1.65. The topological polar surface area (TPSA) is 53.4 Å². The lowest BCUT2D eigenvalue weighted by Gasteiger charge is -1.96. The van der Waals surface area contributed by atoms with Crippen molar-refractivity contribution < 1.29 is 10.0 Å². The van der Waals surface area contributed by atoms with Crippen LogP contribution < -0.4 is 5.46 Å². The molecule has 0 aliphatic rings. The molecule has 5 heteroatoms. The minimum atomic E-state index is -1.39. The third kappa shape index (κ3) is 1.88. The quantitative estimate of drug-likeness (QED) is 0.655. The Hall–Kier alpha value is -0.905. The van der Waals surface area contributed by atoms with Crippen LogP contribution in [-0.2, 0) is 0 Å². The van der Waals surface area contributed by atoms with Gasteiger partial charge in [-0.05, 0) is 17.6 Å². The lowest BCUT2D eigenvalue weighted by Crippen LogP contribution is -2.29. The zero-order valence-corrected chi connectivity index (χ0v) is 6.95. The van der Waals surface area contributed by atoms with E-state index >= 15 is 0 Å². The van der Waals surface area contributed by atoms with Crippen molar-refractivity contribution in [3.05, 3.63) is 23.7 Å². The molecule has 2 N–H and O–H groups in total. The van der Waals surface area contributed by atoms with Crippen LogP contribution in [-0.4, -0.2) is 22.2 Å². The predicted molar refractivity (Wildman–Crippen MR) is 56.2 cm³/mol. The van der Waals surface area contributed by atoms with Gasteiger partial charge in [-0.1, -0.05) is 13.5 Å². The Kier molecular flexibility index (Phi) is 3.03. The number of thiazole rings is 1. The smallest absolute Gasteiger partial charge is 0.423 e. The number of fused-ring (bicyclic) bond motifs is 1. The molecule has 2 aromatic rings. The molecule has 1 aromatic carbocycles. The van der Waals surface area contributed by atoms with Gasteiger partial charge in [0.2, 0.25) is 0 Å². The highest BCUT2D eigenvalue weighted by atomic mass is 32.1. The maximum absolute atomic E-state index is 8.86. The lowest BCUT2D eigenvalue weighted by molar-refractivity contribution is 0.426. The van der Waals surface area contributed by atoms with E-state index < -0.39 is 7.12 Å². The second kappa shape index (κ2) is 3.87. The summed E-state index contributed by atoms with van der Waals surface area (Å²) in [6.07, 6.45) is 0. The molecular weight excluding hydrogens is 185 g/mol. The zero-order chi connectivity index (χ0) is 8.55. The molecule has 0 amide bonds. The largest absolute Gasteiger partial charge is 0.488 e. The Morgan fingerprint density at radius 1 is 1.31 bits per heavy atom. The molecule has 0 atom stereocenters. The molecule has 0 saturated carbocycles. The van der Waals surface area contributed by atoms with Crippen molar-refractivity contribution in [2.24, 2.45) is 0 Å². The molecule has 2 rings (SSSR count). The van der Waals surface area contributed by atoms with E-state index in [0.717, 1.165) is 10.2 Å². The van der Waals surface area contributed by atoms with Crippen LogP contribution in [0.15, 0.2) is 23.7 Å². The average molecular weight is 195 g/mol. The van der Waals surface area contributed by atoms with E-state index in [-0.39, 0.29) is 7.43 Å². The summed E-state index contributed by atoms with van der Waals surface area (Å²) in [4.78, 5) is 4.07. The van der Waals surface area contributed by atoms with Crippen LogP contribution in [0, 0.1) is 0 Å². The van der Waals surface area contributed by atoms with E-state index in [4.69, 9.17) is 10.0 Å². The molecule has 0 aliphatic carbocycles. The van der Waals surface area contributed by atoms with Crippen molar-refractivity contribution in [1.29, 1.82) is 0 Å². The van der Waals surface area contributed by atoms with Gasteiger partial charge in [-0.2, -0.15) is 0 Å². The summed E-state index contributed by atoms with van der Waals surface area (Å²) < 4.78 is 0.973. The second-order valence-electron chi connectivity index (χ2n) is 2.45. The van der Waals surface area contributed by atoms with Gasteiger partial charge in [-0.3, -0.25) is 0 Å². The van der Waals surface area contributed by atoms with Crippen LogP contribution in [0.1, 0.15) is 7.43 Å². The number of hydrogen-bond donors (Lipinski definition) is 2. The van der Waals surface area contributed by atoms with Gasteiger partial charge in [-0.15, -0.1) is 11.3 Å². The van der Waals surface area contributed by atoms with Crippen LogP contribution in [0.4, 0.5) is 0 Å². The highest BCUT2D eigenvalue weighted by molar-refractivity contribution is 7.16. The summed E-state index contributed by atoms with van der Waals surface area (Å²) in [5.74, 6) is 0. The number of benzene rings is 1. The minimum Gasteiger partial charge on any atom is -0.423 e. The first kappa shape index (κ1) is 10.2. The molecule has 0 bridgehead atoms. The monoisotopic (exact) mass is 195 g/mol. The first-order chi connectivity index (χ1) is 5.77. The summed E-state index contributed by atoms with van der Waals surface area (Å²) in [6, 6.07) is 5.17. The number of aromatic nitrogens is 1. The van der Waals surface area contributed by atoms with E-state index in [0.29, 0.717) is 5.46 Å². The van der Waals surface area contributed by atoms with Gasteiger partial charge in [0.1, 0.15) is 0 Å². The Bertz CT molecular complexity index is 402. The summed E-state index contributed by atoms with van der Waals surface area (Å²) in [6.45, 7) is 0. The standard InChI is InChI=1S/C7H6BNO2S.CH4/c10-8(11)5-1-2-6-7(3-5)12-4-9-6;/h1-4,10-11H;1H4. The fourth-order valence-electron chi connectivity index (χ4n) is 1.03. The summed E-state index contributed by atoms with van der Waals surface area (Å²) in [5, 5.41) is 17.7. The van der Waals surface area contributed by atoms with Crippen LogP contribution in [0.3, 0.4) is 0 Å². The molecular formula is C8H10BNO2S. The minimum absolute atomic E-state index is 0. The highest BCUT2D eigenvalue weighted by Crippen LogP contribution is 2.14. The Morgan fingerprint density at radius 2 is 2.08 bits per heavy atom. The fourth-order valence-corrected chi connectivity index (χ4v) is 1.76. The maximum Gasteiger partial charge on any atom is 0.488 e. The van der Waals surface area contributed by atoms with Gasteiger partial charge >= 0.3 is 7.12 Å². The molecule has 0 spiro atoms. The van der Waals surface area contributed by atoms with Crippen molar-refractivity contribution in [3.63, 3.8) is 0 Å². The van der Waals surface area contributed by atoms with Gasteiger partial charge in [0.25, 0.3) is 0 Å². The second-order valence-corrected chi connectivity index (χ2v) is 3.34.